The van der Waals surface area contributed by atoms with Crippen LogP contribution in [0.1, 0.15) is 43.6 Å². The Labute approximate surface area is 126 Å². The number of rotatable bonds is 6. The van der Waals surface area contributed by atoms with Crippen LogP contribution >= 0.6 is 0 Å². The van der Waals surface area contributed by atoms with Crippen LogP contribution in [0.5, 0.6) is 0 Å². The van der Waals surface area contributed by atoms with Crippen molar-refractivity contribution in [3.63, 3.8) is 0 Å². The lowest BCUT2D eigenvalue weighted by Crippen LogP contribution is -2.45. The number of hydrogen-bond acceptors (Lipinski definition) is 3. The zero-order valence-electron chi connectivity index (χ0n) is 13.1. The molecular formula is C17H23NO3. The van der Waals surface area contributed by atoms with E-state index >= 15 is 0 Å². The van der Waals surface area contributed by atoms with Gasteiger partial charge in [0.05, 0.1) is 5.76 Å². The minimum absolute atomic E-state index is 0.0734. The second-order valence-corrected chi connectivity index (χ2v) is 5.37. The van der Waals surface area contributed by atoms with E-state index in [-0.39, 0.29) is 11.8 Å². The summed E-state index contributed by atoms with van der Waals surface area (Å²) in [4.78, 5) is 24.2. The molecule has 1 amide bonds. The van der Waals surface area contributed by atoms with Gasteiger partial charge in [-0.15, -0.1) is 0 Å². The Bertz CT molecular complexity index is 517. The summed E-state index contributed by atoms with van der Waals surface area (Å²) in [6.45, 7) is 10.9. The molecule has 1 aromatic rings. The summed E-state index contributed by atoms with van der Waals surface area (Å²) >= 11 is 0. The molecule has 0 aromatic heterocycles. The Morgan fingerprint density at radius 3 is 2.24 bits per heavy atom. The van der Waals surface area contributed by atoms with Gasteiger partial charge in [0.25, 0.3) is 5.91 Å². The maximum absolute atomic E-state index is 12.2. The van der Waals surface area contributed by atoms with Gasteiger partial charge in [-0.1, -0.05) is 39.5 Å². The zero-order chi connectivity index (χ0) is 16.0. The van der Waals surface area contributed by atoms with Crippen molar-refractivity contribution in [1.29, 1.82) is 0 Å². The summed E-state index contributed by atoms with van der Waals surface area (Å²) in [5.74, 6) is -0.533. The van der Waals surface area contributed by atoms with E-state index in [0.717, 1.165) is 12.0 Å². The lowest BCUT2D eigenvalue weighted by molar-refractivity contribution is -0.142. The third kappa shape index (κ3) is 5.06. The van der Waals surface area contributed by atoms with Crippen LogP contribution in [-0.4, -0.2) is 17.9 Å². The van der Waals surface area contributed by atoms with Crippen LogP contribution in [0.25, 0.3) is 0 Å². The highest BCUT2D eigenvalue weighted by atomic mass is 16.5. The SMILES string of the molecule is C=C(C)OC(=O)C(NC(=O)c1ccc(CC)cc1)C(C)C. The van der Waals surface area contributed by atoms with Crippen LogP contribution in [-0.2, 0) is 16.0 Å². The predicted octanol–water partition coefficient (Wildman–Crippen LogP) is 3.08. The van der Waals surface area contributed by atoms with Crippen LogP contribution in [0.3, 0.4) is 0 Å². The fraction of sp³-hybridized carbons (Fsp3) is 0.412. The summed E-state index contributed by atoms with van der Waals surface area (Å²) in [6.07, 6.45) is 0.918. The van der Waals surface area contributed by atoms with Crippen LogP contribution in [0.15, 0.2) is 36.6 Å². The minimum atomic E-state index is -0.694. The third-order valence-electron chi connectivity index (χ3n) is 3.11. The number of benzene rings is 1. The number of esters is 1. The van der Waals surface area contributed by atoms with Gasteiger partial charge in [0.15, 0.2) is 0 Å². The fourth-order valence-corrected chi connectivity index (χ4v) is 1.85. The number of nitrogens with one attached hydrogen (secondary N) is 1. The average molecular weight is 289 g/mol. The smallest absolute Gasteiger partial charge is 0.333 e. The maximum Gasteiger partial charge on any atom is 0.333 e. The van der Waals surface area contributed by atoms with Gasteiger partial charge >= 0.3 is 5.97 Å². The molecule has 114 valence electrons. The first kappa shape index (κ1) is 17.0. The largest absolute Gasteiger partial charge is 0.430 e. The van der Waals surface area contributed by atoms with Gasteiger partial charge in [0.2, 0.25) is 0 Å². The second kappa shape index (κ2) is 7.62. The van der Waals surface area contributed by atoms with E-state index in [1.54, 1.807) is 19.1 Å². The lowest BCUT2D eigenvalue weighted by Gasteiger charge is -2.20. The quantitative estimate of drug-likeness (QED) is 0.647. The van der Waals surface area contributed by atoms with Crippen LogP contribution < -0.4 is 5.32 Å². The Morgan fingerprint density at radius 1 is 1.24 bits per heavy atom. The molecule has 0 radical (unpaired) electrons. The Balaban J connectivity index is 2.80. The van der Waals surface area contributed by atoms with Crippen molar-refractivity contribution in [1.82, 2.24) is 5.32 Å². The molecule has 0 saturated carbocycles. The first-order valence-electron chi connectivity index (χ1n) is 7.12. The zero-order valence-corrected chi connectivity index (χ0v) is 13.1. The summed E-state index contributed by atoms with van der Waals surface area (Å²) < 4.78 is 5.00. The van der Waals surface area contributed by atoms with Crippen molar-refractivity contribution >= 4 is 11.9 Å². The van der Waals surface area contributed by atoms with E-state index < -0.39 is 12.0 Å². The molecule has 0 spiro atoms. The fourth-order valence-electron chi connectivity index (χ4n) is 1.85. The molecule has 1 N–H and O–H groups in total. The van der Waals surface area contributed by atoms with Crippen molar-refractivity contribution in [2.45, 2.75) is 40.2 Å². The van der Waals surface area contributed by atoms with Gasteiger partial charge in [0, 0.05) is 5.56 Å². The first-order valence-corrected chi connectivity index (χ1v) is 7.12. The van der Waals surface area contributed by atoms with Gasteiger partial charge in [-0.25, -0.2) is 4.79 Å². The number of ether oxygens (including phenoxy) is 1. The highest BCUT2D eigenvalue weighted by Gasteiger charge is 2.26. The molecule has 1 unspecified atom stereocenters. The highest BCUT2D eigenvalue weighted by Crippen LogP contribution is 2.10. The molecule has 0 heterocycles. The second-order valence-electron chi connectivity index (χ2n) is 5.37. The van der Waals surface area contributed by atoms with Gasteiger partial charge < -0.3 is 10.1 Å². The molecule has 21 heavy (non-hydrogen) atoms. The molecule has 0 aliphatic carbocycles. The van der Waals surface area contributed by atoms with Crippen molar-refractivity contribution in [3.8, 4) is 0 Å². The van der Waals surface area contributed by atoms with E-state index in [0.29, 0.717) is 11.3 Å². The van der Waals surface area contributed by atoms with E-state index in [4.69, 9.17) is 4.74 Å². The summed E-state index contributed by atoms with van der Waals surface area (Å²) in [6, 6.07) is 6.64. The summed E-state index contributed by atoms with van der Waals surface area (Å²) in [5.41, 5.74) is 1.69. The molecule has 0 bridgehead atoms. The lowest BCUT2D eigenvalue weighted by atomic mass is 10.0. The van der Waals surface area contributed by atoms with Crippen LogP contribution in [0.2, 0.25) is 0 Å². The number of amides is 1. The molecule has 4 nitrogen and oxygen atoms in total. The first-order chi connectivity index (χ1) is 9.85. The Kier molecular flexibility index (Phi) is 6.15. The summed E-state index contributed by atoms with van der Waals surface area (Å²) in [5, 5.41) is 2.72. The monoisotopic (exact) mass is 289 g/mol. The molecule has 4 heteroatoms. The van der Waals surface area contributed by atoms with E-state index in [2.05, 4.69) is 18.8 Å². The molecule has 1 atom stereocenters. The molecule has 0 saturated heterocycles. The van der Waals surface area contributed by atoms with Crippen molar-refractivity contribution in [3.05, 3.63) is 47.7 Å². The van der Waals surface area contributed by atoms with E-state index in [1.165, 1.54) is 0 Å². The standard InChI is InChI=1S/C17H23NO3/c1-6-13-7-9-14(10-8-13)16(19)18-15(11(2)3)17(20)21-12(4)5/h7-11,15H,4,6H2,1-3,5H3,(H,18,19). The number of carbonyl (C=O) groups is 2. The minimum Gasteiger partial charge on any atom is -0.430 e. The number of carbonyl (C=O) groups excluding carboxylic acids is 2. The van der Waals surface area contributed by atoms with Gasteiger partial charge in [-0.05, 0) is 37.0 Å². The average Bonchev–Trinajstić information content (AvgIpc) is 2.43. The predicted molar refractivity (Wildman–Crippen MR) is 82.8 cm³/mol. The topological polar surface area (TPSA) is 55.4 Å². The van der Waals surface area contributed by atoms with Crippen LogP contribution in [0, 0.1) is 5.92 Å². The molecular weight excluding hydrogens is 266 g/mol. The maximum atomic E-state index is 12.2. The Morgan fingerprint density at radius 2 is 1.81 bits per heavy atom. The van der Waals surface area contributed by atoms with Gasteiger partial charge in [0.1, 0.15) is 6.04 Å². The molecule has 1 rings (SSSR count). The van der Waals surface area contributed by atoms with Gasteiger partial charge in [-0.3, -0.25) is 4.79 Å². The van der Waals surface area contributed by atoms with E-state index in [9.17, 15) is 9.59 Å². The number of aryl methyl sites for hydroxylation is 1. The normalized spacial score (nSPS) is 11.9. The molecule has 0 aliphatic rings. The van der Waals surface area contributed by atoms with Crippen molar-refractivity contribution in [2.24, 2.45) is 5.92 Å². The third-order valence-corrected chi connectivity index (χ3v) is 3.11. The molecule has 0 fully saturated rings. The molecule has 1 aromatic carbocycles. The van der Waals surface area contributed by atoms with Crippen molar-refractivity contribution < 1.29 is 14.3 Å². The van der Waals surface area contributed by atoms with Gasteiger partial charge in [-0.2, -0.15) is 0 Å². The van der Waals surface area contributed by atoms with Crippen LogP contribution in [0.4, 0.5) is 0 Å². The van der Waals surface area contributed by atoms with Crippen molar-refractivity contribution in [2.75, 3.05) is 0 Å². The molecule has 0 aliphatic heterocycles. The summed E-state index contributed by atoms with van der Waals surface area (Å²) in [7, 11) is 0. The highest BCUT2D eigenvalue weighted by molar-refractivity contribution is 5.96. The number of hydrogen-bond donors (Lipinski definition) is 1. The van der Waals surface area contributed by atoms with E-state index in [1.807, 2.05) is 26.0 Å². The number of allylic oxidation sites excluding steroid dienone is 1. The Hall–Kier alpha value is -2.10.